The molecular weight excluding hydrogens is 219 g/mol. The zero-order valence-electron chi connectivity index (χ0n) is 9.89. The molecule has 0 unspecified atom stereocenters. The van der Waals surface area contributed by atoms with E-state index in [1.54, 1.807) is 16.8 Å². The van der Waals surface area contributed by atoms with E-state index in [2.05, 4.69) is 22.6 Å². The Bertz CT molecular complexity index is 478. The number of aromatic nitrogens is 3. The highest BCUT2D eigenvalue weighted by atomic mass is 19.1. The molecule has 0 aliphatic heterocycles. The zero-order chi connectivity index (χ0) is 12.3. The van der Waals surface area contributed by atoms with E-state index < -0.39 is 0 Å². The van der Waals surface area contributed by atoms with Crippen molar-refractivity contribution in [2.24, 2.45) is 0 Å². The van der Waals surface area contributed by atoms with Gasteiger partial charge in [-0.3, -0.25) is 4.68 Å². The van der Waals surface area contributed by atoms with Crippen LogP contribution in [0.1, 0.15) is 6.92 Å². The molecule has 1 heterocycles. The second-order valence-electron chi connectivity index (χ2n) is 4.02. The SMILES string of the molecule is CN[C@@H](C)Cn1cc(-c2ccc(F)cc2)nn1. The van der Waals surface area contributed by atoms with Crippen LogP contribution in [0.4, 0.5) is 4.39 Å². The number of hydrogen-bond acceptors (Lipinski definition) is 3. The lowest BCUT2D eigenvalue weighted by Gasteiger charge is -2.08. The Labute approximate surface area is 99.5 Å². The first-order valence-electron chi connectivity index (χ1n) is 5.52. The fourth-order valence-electron chi connectivity index (χ4n) is 1.51. The first-order chi connectivity index (χ1) is 8.19. The number of nitrogens with zero attached hydrogens (tertiary/aromatic N) is 3. The maximum absolute atomic E-state index is 12.8. The Morgan fingerprint density at radius 1 is 1.35 bits per heavy atom. The summed E-state index contributed by atoms with van der Waals surface area (Å²) in [5, 5.41) is 11.2. The van der Waals surface area contributed by atoms with E-state index in [0.29, 0.717) is 6.04 Å². The maximum atomic E-state index is 12.8. The quantitative estimate of drug-likeness (QED) is 0.875. The Kier molecular flexibility index (Phi) is 3.49. The van der Waals surface area contributed by atoms with Crippen LogP contribution in [0.5, 0.6) is 0 Å². The molecule has 4 nitrogen and oxygen atoms in total. The summed E-state index contributed by atoms with van der Waals surface area (Å²) in [6.45, 7) is 2.82. The molecular formula is C12H15FN4. The molecule has 1 aromatic carbocycles. The summed E-state index contributed by atoms with van der Waals surface area (Å²) in [6.07, 6.45) is 1.86. The van der Waals surface area contributed by atoms with Crippen LogP contribution in [0, 0.1) is 5.82 Å². The number of halogens is 1. The van der Waals surface area contributed by atoms with E-state index in [-0.39, 0.29) is 5.82 Å². The molecule has 5 heteroatoms. The van der Waals surface area contributed by atoms with Gasteiger partial charge in [0.05, 0.1) is 12.7 Å². The molecule has 1 aromatic heterocycles. The lowest BCUT2D eigenvalue weighted by molar-refractivity contribution is 0.471. The molecule has 0 bridgehead atoms. The average Bonchev–Trinajstić information content (AvgIpc) is 2.78. The van der Waals surface area contributed by atoms with Crippen LogP contribution in [-0.2, 0) is 6.54 Å². The van der Waals surface area contributed by atoms with E-state index in [0.717, 1.165) is 17.8 Å². The van der Waals surface area contributed by atoms with Gasteiger partial charge in [-0.05, 0) is 38.2 Å². The van der Waals surface area contributed by atoms with Crippen molar-refractivity contribution in [1.82, 2.24) is 20.3 Å². The molecule has 0 aliphatic carbocycles. The van der Waals surface area contributed by atoms with E-state index in [4.69, 9.17) is 0 Å². The van der Waals surface area contributed by atoms with E-state index in [1.165, 1.54) is 12.1 Å². The molecule has 0 saturated carbocycles. The first-order valence-corrected chi connectivity index (χ1v) is 5.52. The largest absolute Gasteiger partial charge is 0.315 e. The fourth-order valence-corrected chi connectivity index (χ4v) is 1.51. The Hall–Kier alpha value is -1.75. The van der Waals surface area contributed by atoms with Crippen LogP contribution in [0.2, 0.25) is 0 Å². The molecule has 0 spiro atoms. The summed E-state index contributed by atoms with van der Waals surface area (Å²) >= 11 is 0. The minimum Gasteiger partial charge on any atom is -0.315 e. The standard InChI is InChI=1S/C12H15FN4/c1-9(14-2)7-17-8-12(15-16-17)10-3-5-11(13)6-4-10/h3-6,8-9,14H,7H2,1-2H3/t9-/m0/s1. The van der Waals surface area contributed by atoms with Gasteiger partial charge in [0.1, 0.15) is 11.5 Å². The van der Waals surface area contributed by atoms with Gasteiger partial charge in [-0.25, -0.2) is 4.39 Å². The minimum absolute atomic E-state index is 0.245. The van der Waals surface area contributed by atoms with Crippen LogP contribution >= 0.6 is 0 Å². The number of benzene rings is 1. The van der Waals surface area contributed by atoms with Crippen molar-refractivity contribution < 1.29 is 4.39 Å². The fraction of sp³-hybridized carbons (Fsp3) is 0.333. The van der Waals surface area contributed by atoms with Gasteiger partial charge in [-0.15, -0.1) is 5.10 Å². The first kappa shape index (κ1) is 11.7. The van der Waals surface area contributed by atoms with E-state index in [9.17, 15) is 4.39 Å². The third-order valence-corrected chi connectivity index (χ3v) is 2.63. The summed E-state index contributed by atoms with van der Waals surface area (Å²) in [6, 6.07) is 6.57. The predicted molar refractivity (Wildman–Crippen MR) is 63.9 cm³/mol. The highest BCUT2D eigenvalue weighted by Crippen LogP contribution is 2.16. The molecule has 1 N–H and O–H groups in total. The zero-order valence-corrected chi connectivity index (χ0v) is 9.89. The number of likely N-dealkylation sites (N-methyl/N-ethyl adjacent to an activating group) is 1. The predicted octanol–water partition coefficient (Wildman–Crippen LogP) is 1.69. The minimum atomic E-state index is -0.245. The van der Waals surface area contributed by atoms with Crippen molar-refractivity contribution in [2.45, 2.75) is 19.5 Å². The van der Waals surface area contributed by atoms with Crippen LogP contribution in [0.3, 0.4) is 0 Å². The average molecular weight is 234 g/mol. The van der Waals surface area contributed by atoms with Gasteiger partial charge in [0.25, 0.3) is 0 Å². The van der Waals surface area contributed by atoms with Crippen LogP contribution in [-0.4, -0.2) is 28.1 Å². The van der Waals surface area contributed by atoms with Gasteiger partial charge in [0.2, 0.25) is 0 Å². The van der Waals surface area contributed by atoms with Gasteiger partial charge in [0.15, 0.2) is 0 Å². The molecule has 1 atom stereocenters. The van der Waals surface area contributed by atoms with Crippen molar-refractivity contribution in [2.75, 3.05) is 7.05 Å². The van der Waals surface area contributed by atoms with E-state index >= 15 is 0 Å². The molecule has 17 heavy (non-hydrogen) atoms. The van der Waals surface area contributed by atoms with Crippen molar-refractivity contribution >= 4 is 0 Å². The van der Waals surface area contributed by atoms with Crippen molar-refractivity contribution in [3.05, 3.63) is 36.3 Å². The van der Waals surface area contributed by atoms with Gasteiger partial charge in [-0.1, -0.05) is 5.21 Å². The van der Waals surface area contributed by atoms with Crippen LogP contribution in [0.15, 0.2) is 30.5 Å². The van der Waals surface area contributed by atoms with Crippen LogP contribution in [0.25, 0.3) is 11.3 Å². The van der Waals surface area contributed by atoms with Gasteiger partial charge in [0, 0.05) is 11.6 Å². The molecule has 0 aliphatic rings. The lowest BCUT2D eigenvalue weighted by atomic mass is 10.2. The van der Waals surface area contributed by atoms with Crippen molar-refractivity contribution in [1.29, 1.82) is 0 Å². The number of nitrogens with one attached hydrogen (secondary N) is 1. The second-order valence-corrected chi connectivity index (χ2v) is 4.02. The van der Waals surface area contributed by atoms with E-state index in [1.807, 2.05) is 13.2 Å². The molecule has 2 rings (SSSR count). The normalized spacial score (nSPS) is 12.6. The Morgan fingerprint density at radius 2 is 2.06 bits per heavy atom. The lowest BCUT2D eigenvalue weighted by Crippen LogP contribution is -2.26. The molecule has 0 fully saturated rings. The summed E-state index contributed by atoms with van der Waals surface area (Å²) in [5.41, 5.74) is 1.63. The summed E-state index contributed by atoms with van der Waals surface area (Å²) in [7, 11) is 1.91. The number of hydrogen-bond donors (Lipinski definition) is 1. The molecule has 0 radical (unpaired) electrons. The third-order valence-electron chi connectivity index (χ3n) is 2.63. The summed E-state index contributed by atoms with van der Waals surface area (Å²) in [5.74, 6) is -0.245. The molecule has 0 amide bonds. The van der Waals surface area contributed by atoms with Gasteiger partial charge < -0.3 is 5.32 Å². The monoisotopic (exact) mass is 234 g/mol. The maximum Gasteiger partial charge on any atom is 0.123 e. The summed E-state index contributed by atoms with van der Waals surface area (Å²) in [4.78, 5) is 0. The second kappa shape index (κ2) is 5.05. The summed E-state index contributed by atoms with van der Waals surface area (Å²) < 4.78 is 14.6. The smallest absolute Gasteiger partial charge is 0.123 e. The van der Waals surface area contributed by atoms with Gasteiger partial charge in [-0.2, -0.15) is 0 Å². The van der Waals surface area contributed by atoms with Gasteiger partial charge >= 0.3 is 0 Å². The number of rotatable bonds is 4. The molecule has 90 valence electrons. The highest BCUT2D eigenvalue weighted by Gasteiger charge is 2.06. The molecule has 0 saturated heterocycles. The van der Waals surface area contributed by atoms with Crippen molar-refractivity contribution in [3.8, 4) is 11.3 Å². The van der Waals surface area contributed by atoms with Crippen molar-refractivity contribution in [3.63, 3.8) is 0 Å². The topological polar surface area (TPSA) is 42.7 Å². The Morgan fingerprint density at radius 3 is 2.71 bits per heavy atom. The molecule has 2 aromatic rings. The Balaban J connectivity index is 2.15. The van der Waals surface area contributed by atoms with Crippen LogP contribution < -0.4 is 5.32 Å². The third kappa shape index (κ3) is 2.88. The highest BCUT2D eigenvalue weighted by molar-refractivity contribution is 5.57.